The molecule has 1 rings (SSSR count). The maximum Gasteiger partial charge on any atom is 0.335 e. The van der Waals surface area contributed by atoms with E-state index in [0.29, 0.717) is 30.9 Å². The van der Waals surface area contributed by atoms with E-state index in [4.69, 9.17) is 9.05 Å². The average Bonchev–Trinajstić information content (AvgIpc) is 2.47. The van der Waals surface area contributed by atoms with Gasteiger partial charge in [-0.25, -0.2) is 8.42 Å². The van der Waals surface area contributed by atoms with Gasteiger partial charge in [0, 0.05) is 5.69 Å². The Hall–Kier alpha value is -0.880. The molecule has 0 spiro atoms. The van der Waals surface area contributed by atoms with E-state index in [1.807, 2.05) is 6.92 Å². The second-order valence-corrected chi connectivity index (χ2v) is 9.33. The molecule has 0 aliphatic heterocycles. The predicted molar refractivity (Wildman–Crippen MR) is 97.9 cm³/mol. The van der Waals surface area contributed by atoms with Gasteiger partial charge >= 0.3 is 7.60 Å². The Balaban J connectivity index is 2.81. The van der Waals surface area contributed by atoms with Crippen molar-refractivity contribution in [2.24, 2.45) is 0 Å². The highest BCUT2D eigenvalue weighted by atomic mass is 32.2. The van der Waals surface area contributed by atoms with Crippen LogP contribution in [0.25, 0.3) is 0 Å². The van der Waals surface area contributed by atoms with Gasteiger partial charge in [-0.05, 0) is 38.0 Å². The standard InChI is InChI=1S/C16H28NO5PS/c1-4-7-8-12-24(19,20)17-16-11-9-10-15(13-16)14-23(18,21-5-2)22-6-3/h9-11,13,17H,4-8,12,14H2,1-3H3. The fourth-order valence-corrected chi connectivity index (χ4v) is 5.11. The van der Waals surface area contributed by atoms with Crippen LogP contribution >= 0.6 is 7.60 Å². The number of rotatable bonds is 12. The Kier molecular flexibility index (Phi) is 8.98. The van der Waals surface area contributed by atoms with Gasteiger partial charge in [-0.3, -0.25) is 9.29 Å². The van der Waals surface area contributed by atoms with Gasteiger partial charge in [-0.1, -0.05) is 31.9 Å². The summed E-state index contributed by atoms with van der Waals surface area (Å²) < 4.78 is 49.8. The molecule has 6 nitrogen and oxygen atoms in total. The number of hydrogen-bond acceptors (Lipinski definition) is 5. The lowest BCUT2D eigenvalue weighted by Crippen LogP contribution is -2.16. The van der Waals surface area contributed by atoms with Crippen LogP contribution in [0, 0.1) is 0 Å². The fraction of sp³-hybridized carbons (Fsp3) is 0.625. The predicted octanol–water partition coefficient (Wildman–Crippen LogP) is 4.38. The summed E-state index contributed by atoms with van der Waals surface area (Å²) in [5, 5.41) is 0. The van der Waals surface area contributed by atoms with Crippen LogP contribution in [0.1, 0.15) is 45.6 Å². The van der Waals surface area contributed by atoms with E-state index in [-0.39, 0.29) is 11.9 Å². The molecule has 0 saturated heterocycles. The molecule has 0 saturated carbocycles. The summed E-state index contributed by atoms with van der Waals surface area (Å²) >= 11 is 0. The first kappa shape index (κ1) is 21.2. The second-order valence-electron chi connectivity index (χ2n) is 5.43. The molecule has 1 aromatic rings. The lowest BCUT2D eigenvalue weighted by molar-refractivity contribution is 0.219. The van der Waals surface area contributed by atoms with Crippen LogP contribution in [-0.4, -0.2) is 27.4 Å². The van der Waals surface area contributed by atoms with Crippen LogP contribution in [0.4, 0.5) is 5.69 Å². The highest BCUT2D eigenvalue weighted by Gasteiger charge is 2.24. The summed E-state index contributed by atoms with van der Waals surface area (Å²) in [6.45, 7) is 6.12. The van der Waals surface area contributed by atoms with Crippen LogP contribution in [0.5, 0.6) is 0 Å². The van der Waals surface area contributed by atoms with Crippen LogP contribution in [0.15, 0.2) is 24.3 Å². The summed E-state index contributed by atoms with van der Waals surface area (Å²) in [7, 11) is -6.58. The minimum Gasteiger partial charge on any atom is -0.309 e. The summed E-state index contributed by atoms with van der Waals surface area (Å²) in [6, 6.07) is 6.84. The molecule has 0 amide bonds. The van der Waals surface area contributed by atoms with Crippen molar-refractivity contribution in [1.82, 2.24) is 0 Å². The zero-order valence-electron chi connectivity index (χ0n) is 14.7. The summed E-state index contributed by atoms with van der Waals surface area (Å²) in [5.74, 6) is 0.0987. The zero-order valence-corrected chi connectivity index (χ0v) is 16.4. The van der Waals surface area contributed by atoms with Gasteiger partial charge in [-0.15, -0.1) is 0 Å². The molecule has 0 unspecified atom stereocenters. The van der Waals surface area contributed by atoms with Crippen molar-refractivity contribution < 1.29 is 22.0 Å². The number of unbranched alkanes of at least 4 members (excludes halogenated alkanes) is 2. The first-order valence-corrected chi connectivity index (χ1v) is 11.7. The Labute approximate surface area is 145 Å². The van der Waals surface area contributed by atoms with Gasteiger partial charge in [0.15, 0.2) is 0 Å². The average molecular weight is 377 g/mol. The molecule has 0 fully saturated rings. The van der Waals surface area contributed by atoms with Crippen molar-refractivity contribution in [1.29, 1.82) is 0 Å². The molecule has 138 valence electrons. The Bertz CT molecular complexity index is 638. The monoisotopic (exact) mass is 377 g/mol. The number of hydrogen-bond donors (Lipinski definition) is 1. The van der Waals surface area contributed by atoms with E-state index >= 15 is 0 Å². The van der Waals surface area contributed by atoms with E-state index in [0.717, 1.165) is 12.8 Å². The molecule has 0 aliphatic carbocycles. The Morgan fingerprint density at radius 2 is 1.75 bits per heavy atom. The van der Waals surface area contributed by atoms with Gasteiger partial charge in [-0.2, -0.15) is 0 Å². The summed E-state index contributed by atoms with van der Waals surface area (Å²) in [6.07, 6.45) is 2.59. The molecule has 24 heavy (non-hydrogen) atoms. The summed E-state index contributed by atoms with van der Waals surface area (Å²) in [5.41, 5.74) is 1.16. The van der Waals surface area contributed by atoms with E-state index in [2.05, 4.69) is 4.72 Å². The third-order valence-electron chi connectivity index (χ3n) is 3.24. The van der Waals surface area contributed by atoms with Crippen molar-refractivity contribution in [3.05, 3.63) is 29.8 Å². The molecule has 0 atom stereocenters. The maximum absolute atomic E-state index is 12.6. The third kappa shape index (κ3) is 7.79. The number of benzene rings is 1. The van der Waals surface area contributed by atoms with E-state index < -0.39 is 17.6 Å². The first-order chi connectivity index (χ1) is 11.3. The fourth-order valence-electron chi connectivity index (χ4n) is 2.25. The molecule has 0 aromatic heterocycles. The molecule has 8 heteroatoms. The second kappa shape index (κ2) is 10.2. The number of anilines is 1. The molecule has 1 aromatic carbocycles. The molecular weight excluding hydrogens is 349 g/mol. The SMILES string of the molecule is CCCCCS(=O)(=O)Nc1cccc(CP(=O)(OCC)OCC)c1. The smallest absolute Gasteiger partial charge is 0.309 e. The highest BCUT2D eigenvalue weighted by molar-refractivity contribution is 7.92. The van der Waals surface area contributed by atoms with Crippen LogP contribution in [0.3, 0.4) is 0 Å². The largest absolute Gasteiger partial charge is 0.335 e. The zero-order chi connectivity index (χ0) is 18.1. The quantitative estimate of drug-likeness (QED) is 0.432. The van der Waals surface area contributed by atoms with Gasteiger partial charge in [0.2, 0.25) is 10.0 Å². The molecule has 0 heterocycles. The van der Waals surface area contributed by atoms with E-state index in [1.54, 1.807) is 38.1 Å². The number of nitrogens with one attached hydrogen (secondary N) is 1. The van der Waals surface area contributed by atoms with Gasteiger partial charge in [0.05, 0.1) is 25.1 Å². The molecule has 0 bridgehead atoms. The lowest BCUT2D eigenvalue weighted by Gasteiger charge is -2.17. The van der Waals surface area contributed by atoms with Crippen LogP contribution in [0.2, 0.25) is 0 Å². The molecule has 0 radical (unpaired) electrons. The van der Waals surface area contributed by atoms with Crippen LogP contribution < -0.4 is 4.72 Å². The third-order valence-corrected chi connectivity index (χ3v) is 6.67. The van der Waals surface area contributed by atoms with Gasteiger partial charge in [0.1, 0.15) is 0 Å². The van der Waals surface area contributed by atoms with Gasteiger partial charge < -0.3 is 9.05 Å². The molecule has 1 N–H and O–H groups in total. The maximum atomic E-state index is 12.6. The minimum absolute atomic E-state index is 0.0987. The highest BCUT2D eigenvalue weighted by Crippen LogP contribution is 2.51. The van der Waals surface area contributed by atoms with Crippen molar-refractivity contribution in [2.75, 3.05) is 23.7 Å². The Morgan fingerprint density at radius 3 is 2.33 bits per heavy atom. The normalized spacial score (nSPS) is 12.3. The summed E-state index contributed by atoms with van der Waals surface area (Å²) in [4.78, 5) is 0. The van der Waals surface area contributed by atoms with Crippen molar-refractivity contribution >= 4 is 23.3 Å². The van der Waals surface area contributed by atoms with Crippen molar-refractivity contribution in [3.63, 3.8) is 0 Å². The van der Waals surface area contributed by atoms with Crippen molar-refractivity contribution in [3.8, 4) is 0 Å². The minimum atomic E-state index is -3.37. The van der Waals surface area contributed by atoms with Crippen LogP contribution in [-0.2, 0) is 29.8 Å². The Morgan fingerprint density at radius 1 is 1.08 bits per heavy atom. The van der Waals surface area contributed by atoms with Gasteiger partial charge in [0.25, 0.3) is 0 Å². The molecule has 0 aliphatic rings. The van der Waals surface area contributed by atoms with Crippen molar-refractivity contribution in [2.45, 2.75) is 46.2 Å². The number of sulfonamides is 1. The molecular formula is C16H28NO5PS. The topological polar surface area (TPSA) is 81.7 Å². The first-order valence-electron chi connectivity index (χ1n) is 8.31. The lowest BCUT2D eigenvalue weighted by atomic mass is 10.2. The van der Waals surface area contributed by atoms with E-state index in [1.165, 1.54) is 0 Å². The van der Waals surface area contributed by atoms with E-state index in [9.17, 15) is 13.0 Å².